The average Bonchev–Trinajstić information content (AvgIpc) is 3.69. The molecule has 0 aliphatic heterocycles. The van der Waals surface area contributed by atoms with Crippen LogP contribution in [0.4, 0.5) is 26.3 Å². The van der Waals surface area contributed by atoms with Gasteiger partial charge in [0, 0.05) is 23.7 Å². The molecule has 0 amide bonds. The first kappa shape index (κ1) is 39.8. The SMILES string of the molecule is CC(=O)Oc1c(C)cc(C[n+]2cnn(C[C@@](O)(Cn3cnc(/C=C\c4ccc(OCC(F)(F)C(F)F)cc4)n3)c3ccc(F)cc3F)c2)cc1C.[Br-]. The molecule has 0 aliphatic carbocycles. The van der Waals surface area contributed by atoms with Gasteiger partial charge in [0.2, 0.25) is 6.33 Å². The number of hydrogen-bond donors (Lipinski definition) is 1. The molecule has 5 aromatic rings. The molecular formula is C35H33BrF6N6O4. The topological polar surface area (TPSA) is 108 Å². The van der Waals surface area contributed by atoms with Crippen molar-refractivity contribution in [3.63, 3.8) is 0 Å². The zero-order valence-corrected chi connectivity index (χ0v) is 29.6. The second-order valence-corrected chi connectivity index (χ2v) is 12.0. The Bertz CT molecular complexity index is 2020. The standard InChI is InChI=1S/C35H33F6N6O4.BrH/c1-22-12-26(13-23(2)32(22)51-24(3)48)15-45-20-43-47(21-45)17-34(49,29-10-7-27(36)14-30(29)37)16-46-19-42-31(44-46)11-6-25-4-8-28(9-5-25)50-18-35(40,41)33(38)39;/h4-14,19-21,33,49H,15-18H2,1-3H3;1H/q+1;/p-1/b11-6-;/t34-;/m0./s1. The van der Waals surface area contributed by atoms with E-state index in [2.05, 4.69) is 15.2 Å². The molecule has 5 rings (SSSR count). The molecule has 3 aromatic carbocycles. The number of carbonyl (C=O) groups is 1. The van der Waals surface area contributed by atoms with Crippen molar-refractivity contribution in [3.8, 4) is 11.5 Å². The summed E-state index contributed by atoms with van der Waals surface area (Å²) in [6, 6.07) is 12.3. The number of ether oxygens (including phenoxy) is 2. The number of carbonyl (C=O) groups excluding carboxylic acids is 1. The predicted molar refractivity (Wildman–Crippen MR) is 171 cm³/mol. The Morgan fingerprint density at radius 1 is 1.00 bits per heavy atom. The number of aryl methyl sites for hydroxylation is 2. The molecule has 1 N–H and O–H groups in total. The van der Waals surface area contributed by atoms with E-state index in [1.54, 1.807) is 17.0 Å². The maximum Gasteiger partial charge on any atom is 0.340 e. The highest BCUT2D eigenvalue weighted by Crippen LogP contribution is 2.29. The van der Waals surface area contributed by atoms with Crippen LogP contribution in [0, 0.1) is 25.5 Å². The molecule has 0 spiro atoms. The van der Waals surface area contributed by atoms with Gasteiger partial charge in [0.05, 0.1) is 13.1 Å². The molecule has 0 saturated carbocycles. The Morgan fingerprint density at radius 2 is 1.67 bits per heavy atom. The number of alkyl halides is 4. The number of esters is 1. The van der Waals surface area contributed by atoms with Crippen molar-refractivity contribution in [1.29, 1.82) is 0 Å². The zero-order valence-electron chi connectivity index (χ0n) is 28.0. The van der Waals surface area contributed by atoms with Crippen LogP contribution in [0.25, 0.3) is 12.2 Å². The number of halogens is 7. The van der Waals surface area contributed by atoms with Gasteiger partial charge >= 0.3 is 18.3 Å². The second kappa shape index (κ2) is 16.5. The molecule has 0 fully saturated rings. The van der Waals surface area contributed by atoms with Crippen LogP contribution in [0.15, 0.2) is 73.6 Å². The highest BCUT2D eigenvalue weighted by molar-refractivity contribution is 5.70. The number of rotatable bonds is 14. The normalized spacial score (nSPS) is 12.9. The lowest BCUT2D eigenvalue weighted by Gasteiger charge is -2.26. The van der Waals surface area contributed by atoms with Crippen molar-refractivity contribution in [1.82, 2.24) is 24.5 Å². The van der Waals surface area contributed by atoms with Crippen LogP contribution in [0.1, 0.15) is 40.6 Å². The Morgan fingerprint density at radius 3 is 2.31 bits per heavy atom. The van der Waals surface area contributed by atoms with Crippen LogP contribution in [0.5, 0.6) is 11.5 Å². The lowest BCUT2D eigenvalue weighted by Crippen LogP contribution is -3.00. The van der Waals surface area contributed by atoms with E-state index in [-0.39, 0.29) is 47.2 Å². The Balaban J connectivity index is 0.00000605. The minimum Gasteiger partial charge on any atom is -1.00 e. The van der Waals surface area contributed by atoms with E-state index in [0.29, 0.717) is 23.9 Å². The summed E-state index contributed by atoms with van der Waals surface area (Å²) in [6.45, 7) is 3.35. The lowest BCUT2D eigenvalue weighted by molar-refractivity contribution is -0.689. The van der Waals surface area contributed by atoms with Crippen molar-refractivity contribution in [2.45, 2.75) is 58.4 Å². The van der Waals surface area contributed by atoms with Crippen LogP contribution in [-0.4, -0.2) is 54.6 Å². The molecule has 17 heteroatoms. The fourth-order valence-electron chi connectivity index (χ4n) is 5.35. The van der Waals surface area contributed by atoms with E-state index in [4.69, 9.17) is 9.47 Å². The van der Waals surface area contributed by atoms with Crippen LogP contribution in [0.3, 0.4) is 0 Å². The molecule has 1 atom stereocenters. The summed E-state index contributed by atoms with van der Waals surface area (Å²) >= 11 is 0. The minimum atomic E-state index is -4.28. The smallest absolute Gasteiger partial charge is 0.340 e. The molecule has 2 aromatic heterocycles. The monoisotopic (exact) mass is 794 g/mol. The van der Waals surface area contributed by atoms with Crippen LogP contribution >= 0.6 is 0 Å². The Hall–Kier alpha value is -5.03. The highest BCUT2D eigenvalue weighted by atomic mass is 79.9. The van der Waals surface area contributed by atoms with Gasteiger partial charge in [-0.2, -0.15) is 13.9 Å². The fraction of sp³-hybridized carbons (Fsp3) is 0.286. The molecule has 10 nitrogen and oxygen atoms in total. The van der Waals surface area contributed by atoms with Gasteiger partial charge in [-0.1, -0.05) is 24.3 Å². The zero-order chi connectivity index (χ0) is 36.9. The van der Waals surface area contributed by atoms with Gasteiger partial charge in [-0.05, 0) is 72.5 Å². The summed E-state index contributed by atoms with van der Waals surface area (Å²) in [5, 5.41) is 20.6. The first-order valence-electron chi connectivity index (χ1n) is 15.4. The summed E-state index contributed by atoms with van der Waals surface area (Å²) in [6.07, 6.45) is 3.74. The quantitative estimate of drug-likeness (QED) is 0.0798. The van der Waals surface area contributed by atoms with E-state index in [1.807, 2.05) is 26.0 Å². The van der Waals surface area contributed by atoms with Crippen LogP contribution in [-0.2, 0) is 30.0 Å². The highest BCUT2D eigenvalue weighted by Gasteiger charge is 2.41. The maximum absolute atomic E-state index is 15.1. The maximum atomic E-state index is 15.1. The van der Waals surface area contributed by atoms with Crippen LogP contribution in [0.2, 0.25) is 0 Å². The summed E-state index contributed by atoms with van der Waals surface area (Å²) in [5.74, 6) is -5.82. The molecule has 0 unspecified atom stereocenters. The Kier molecular flexibility index (Phi) is 12.6. The van der Waals surface area contributed by atoms with Crippen molar-refractivity contribution < 1.29 is 67.3 Å². The van der Waals surface area contributed by atoms with E-state index in [9.17, 15) is 31.9 Å². The number of benzene rings is 3. The van der Waals surface area contributed by atoms with E-state index >= 15 is 4.39 Å². The first-order valence-corrected chi connectivity index (χ1v) is 15.4. The van der Waals surface area contributed by atoms with Crippen molar-refractivity contribution in [3.05, 3.63) is 119 Å². The Labute approximate surface area is 304 Å². The predicted octanol–water partition coefficient (Wildman–Crippen LogP) is 2.67. The largest absolute Gasteiger partial charge is 1.00 e. The van der Waals surface area contributed by atoms with Gasteiger partial charge in [0.1, 0.15) is 41.6 Å². The van der Waals surface area contributed by atoms with E-state index in [0.717, 1.165) is 28.8 Å². The van der Waals surface area contributed by atoms with Gasteiger partial charge in [-0.25, -0.2) is 31.8 Å². The molecular weight excluding hydrogens is 762 g/mol. The number of nitrogens with zero attached hydrogens (tertiary/aromatic N) is 6. The fourth-order valence-corrected chi connectivity index (χ4v) is 5.35. The molecule has 2 heterocycles. The third-order valence-electron chi connectivity index (χ3n) is 7.65. The summed E-state index contributed by atoms with van der Waals surface area (Å²) in [5.41, 5.74) is 0.859. The summed E-state index contributed by atoms with van der Waals surface area (Å²) in [4.78, 5) is 15.7. The van der Waals surface area contributed by atoms with Gasteiger partial charge in [-0.15, -0.1) is 4.68 Å². The molecule has 0 bridgehead atoms. The molecule has 52 heavy (non-hydrogen) atoms. The van der Waals surface area contributed by atoms with Gasteiger partial charge in [0.25, 0.3) is 6.33 Å². The minimum absolute atomic E-state index is 0. The van der Waals surface area contributed by atoms with Gasteiger partial charge in [0.15, 0.2) is 12.4 Å². The van der Waals surface area contributed by atoms with Gasteiger partial charge in [-0.3, -0.25) is 4.79 Å². The third kappa shape index (κ3) is 10.1. The first-order chi connectivity index (χ1) is 24.1. The van der Waals surface area contributed by atoms with Crippen molar-refractivity contribution in [2.24, 2.45) is 0 Å². The summed E-state index contributed by atoms with van der Waals surface area (Å²) < 4.78 is 94.5. The number of aromatic nitrogens is 6. The molecule has 0 radical (unpaired) electrons. The van der Waals surface area contributed by atoms with E-state index in [1.165, 1.54) is 59.3 Å². The van der Waals surface area contributed by atoms with Crippen LogP contribution < -0.4 is 31.0 Å². The van der Waals surface area contributed by atoms with Crippen molar-refractivity contribution >= 4 is 18.1 Å². The van der Waals surface area contributed by atoms with Crippen molar-refractivity contribution in [2.75, 3.05) is 6.61 Å². The summed E-state index contributed by atoms with van der Waals surface area (Å²) in [7, 11) is 0. The third-order valence-corrected chi connectivity index (χ3v) is 7.65. The lowest BCUT2D eigenvalue weighted by atomic mass is 9.93. The number of aliphatic hydroxyl groups is 1. The molecule has 0 saturated heterocycles. The van der Waals surface area contributed by atoms with E-state index < -0.39 is 42.2 Å². The average molecular weight is 796 g/mol. The van der Waals surface area contributed by atoms with Gasteiger partial charge < -0.3 is 31.6 Å². The second-order valence-electron chi connectivity index (χ2n) is 12.0. The molecule has 276 valence electrons. The molecule has 0 aliphatic rings. The number of hydrogen-bond acceptors (Lipinski definition) is 7.